The number of alkyl halides is 3. The number of amides is 1. The summed E-state index contributed by atoms with van der Waals surface area (Å²) in [6, 6.07) is 4.06. The molecule has 1 aliphatic rings. The number of carbonyl (C=O) groups excluding carboxylic acids is 2. The summed E-state index contributed by atoms with van der Waals surface area (Å²) < 4.78 is 46.3. The van der Waals surface area contributed by atoms with Gasteiger partial charge in [-0.25, -0.2) is 0 Å². The molecular formula is C23H29F3N2O3. The molecule has 8 heteroatoms. The van der Waals surface area contributed by atoms with Gasteiger partial charge in [-0.1, -0.05) is 26.7 Å². The van der Waals surface area contributed by atoms with Crippen molar-refractivity contribution in [2.75, 3.05) is 26.2 Å². The summed E-state index contributed by atoms with van der Waals surface area (Å²) in [6.45, 7) is 5.16. The van der Waals surface area contributed by atoms with Crippen LogP contribution >= 0.6 is 0 Å². The predicted molar refractivity (Wildman–Crippen MR) is 112 cm³/mol. The van der Waals surface area contributed by atoms with Gasteiger partial charge in [-0.2, -0.15) is 13.2 Å². The van der Waals surface area contributed by atoms with Crippen LogP contribution in [0, 0.1) is 0 Å². The van der Waals surface area contributed by atoms with Gasteiger partial charge in [0.05, 0.1) is 12.1 Å². The summed E-state index contributed by atoms with van der Waals surface area (Å²) in [5, 5.41) is 3.48. The molecule has 0 bridgehead atoms. The minimum atomic E-state index is -4.60. The average molecular weight is 438 g/mol. The summed E-state index contributed by atoms with van der Waals surface area (Å²) >= 11 is 0. The van der Waals surface area contributed by atoms with Gasteiger partial charge in [0.1, 0.15) is 5.58 Å². The molecule has 0 unspecified atom stereocenters. The van der Waals surface area contributed by atoms with Crippen molar-refractivity contribution in [2.24, 2.45) is 0 Å². The number of nitrogens with one attached hydrogen (secondary N) is 1. The van der Waals surface area contributed by atoms with Gasteiger partial charge in [0.25, 0.3) is 5.91 Å². The van der Waals surface area contributed by atoms with Crippen molar-refractivity contribution in [3.05, 3.63) is 35.1 Å². The van der Waals surface area contributed by atoms with Crippen molar-refractivity contribution < 1.29 is 27.2 Å². The van der Waals surface area contributed by atoms with Crippen LogP contribution in [-0.2, 0) is 11.0 Å². The van der Waals surface area contributed by atoms with E-state index in [1.54, 1.807) is 6.07 Å². The van der Waals surface area contributed by atoms with Gasteiger partial charge < -0.3 is 14.6 Å². The summed E-state index contributed by atoms with van der Waals surface area (Å²) in [7, 11) is 0. The fourth-order valence-electron chi connectivity index (χ4n) is 3.79. The lowest BCUT2D eigenvalue weighted by Gasteiger charge is -2.22. The van der Waals surface area contributed by atoms with Crippen LogP contribution in [0.15, 0.2) is 22.6 Å². The van der Waals surface area contributed by atoms with Crippen molar-refractivity contribution >= 4 is 22.7 Å². The van der Waals surface area contributed by atoms with E-state index in [0.29, 0.717) is 18.5 Å². The maximum atomic E-state index is 13.6. The lowest BCUT2D eigenvalue weighted by atomic mass is 9.98. The standard InChI is InChI=1S/C23H29F3N2O3/c1-15(2)16-11-17-13-20(31-21(17)19(12-16)23(24,25)26)22(30)28-10-9-27-8-6-4-3-5-7-18(29)14-28/h11-13,15,27H,3-10,14H2,1-2H3. The first kappa shape index (κ1) is 23.3. The molecule has 0 spiro atoms. The minimum absolute atomic E-state index is 0.0527. The highest BCUT2D eigenvalue weighted by atomic mass is 19.4. The number of ketones is 1. The molecule has 3 rings (SSSR count). The fraction of sp³-hybridized carbons (Fsp3) is 0.565. The molecule has 1 aliphatic heterocycles. The molecule has 1 aromatic heterocycles. The fourth-order valence-corrected chi connectivity index (χ4v) is 3.79. The topological polar surface area (TPSA) is 62.6 Å². The number of carbonyl (C=O) groups is 2. The van der Waals surface area contributed by atoms with Gasteiger partial charge in [-0.3, -0.25) is 9.59 Å². The first-order chi connectivity index (χ1) is 14.7. The number of furan rings is 1. The van der Waals surface area contributed by atoms with Crippen LogP contribution in [0.3, 0.4) is 0 Å². The zero-order chi connectivity index (χ0) is 22.6. The SMILES string of the molecule is CC(C)c1cc(C(F)(F)F)c2oc(C(=O)N3CCNCCCCCCC(=O)C3)cc2c1. The Kier molecular flexibility index (Phi) is 7.41. The van der Waals surface area contributed by atoms with Crippen LogP contribution in [0.25, 0.3) is 11.0 Å². The van der Waals surface area contributed by atoms with Gasteiger partial charge >= 0.3 is 6.18 Å². The third-order valence-electron chi connectivity index (χ3n) is 5.59. The molecule has 0 radical (unpaired) electrons. The van der Waals surface area contributed by atoms with E-state index in [9.17, 15) is 22.8 Å². The molecule has 2 heterocycles. The van der Waals surface area contributed by atoms with E-state index in [1.165, 1.54) is 11.0 Å². The lowest BCUT2D eigenvalue weighted by molar-refractivity contribution is -0.136. The molecule has 5 nitrogen and oxygen atoms in total. The van der Waals surface area contributed by atoms with Gasteiger partial charge in [-0.05, 0) is 49.1 Å². The smallest absolute Gasteiger partial charge is 0.420 e. The highest BCUT2D eigenvalue weighted by Gasteiger charge is 2.36. The second-order valence-corrected chi connectivity index (χ2v) is 8.43. The Labute approximate surface area is 180 Å². The monoisotopic (exact) mass is 438 g/mol. The van der Waals surface area contributed by atoms with Crippen molar-refractivity contribution in [2.45, 2.75) is 58.0 Å². The molecular weight excluding hydrogens is 409 g/mol. The Balaban J connectivity index is 1.92. The summed E-state index contributed by atoms with van der Waals surface area (Å²) in [5.41, 5.74) is -0.719. The first-order valence-corrected chi connectivity index (χ1v) is 10.8. The van der Waals surface area contributed by atoms with Crippen molar-refractivity contribution in [3.8, 4) is 0 Å². The second-order valence-electron chi connectivity index (χ2n) is 8.43. The lowest BCUT2D eigenvalue weighted by Crippen LogP contribution is -2.40. The normalized spacial score (nSPS) is 17.6. The maximum Gasteiger partial charge on any atom is 0.420 e. The number of halogens is 3. The quantitative estimate of drug-likeness (QED) is 0.705. The van der Waals surface area contributed by atoms with E-state index in [2.05, 4.69) is 5.32 Å². The largest absolute Gasteiger partial charge is 0.450 e. The molecule has 0 aliphatic carbocycles. The van der Waals surface area contributed by atoms with E-state index < -0.39 is 17.6 Å². The molecule has 1 aromatic carbocycles. The highest BCUT2D eigenvalue weighted by molar-refractivity contribution is 5.98. The highest BCUT2D eigenvalue weighted by Crippen LogP contribution is 2.38. The Hall–Kier alpha value is -2.35. The van der Waals surface area contributed by atoms with Crippen LogP contribution in [-0.4, -0.2) is 42.8 Å². The van der Waals surface area contributed by atoms with E-state index in [0.717, 1.165) is 38.3 Å². The molecule has 0 atom stereocenters. The van der Waals surface area contributed by atoms with Crippen LogP contribution < -0.4 is 5.32 Å². The Bertz CT molecular complexity index is 934. The third kappa shape index (κ3) is 5.87. The summed E-state index contributed by atoms with van der Waals surface area (Å²) in [4.78, 5) is 26.8. The third-order valence-corrected chi connectivity index (χ3v) is 5.59. The van der Waals surface area contributed by atoms with Gasteiger partial charge in [0, 0.05) is 24.9 Å². The molecule has 1 amide bonds. The number of benzene rings is 1. The Morgan fingerprint density at radius 1 is 1.10 bits per heavy atom. The zero-order valence-electron chi connectivity index (χ0n) is 18.0. The second kappa shape index (κ2) is 9.85. The van der Waals surface area contributed by atoms with Crippen LogP contribution in [0.2, 0.25) is 0 Å². The van der Waals surface area contributed by atoms with Gasteiger partial charge in [-0.15, -0.1) is 0 Å². The van der Waals surface area contributed by atoms with Gasteiger partial charge in [0.15, 0.2) is 11.5 Å². The zero-order valence-corrected chi connectivity index (χ0v) is 18.0. The average Bonchev–Trinajstić information content (AvgIpc) is 3.12. The van der Waals surface area contributed by atoms with Crippen molar-refractivity contribution in [3.63, 3.8) is 0 Å². The molecule has 170 valence electrons. The van der Waals surface area contributed by atoms with Gasteiger partial charge in [0.2, 0.25) is 0 Å². The number of hydrogen-bond donors (Lipinski definition) is 1. The number of hydrogen-bond acceptors (Lipinski definition) is 4. The first-order valence-electron chi connectivity index (χ1n) is 10.8. The van der Waals surface area contributed by atoms with E-state index in [-0.39, 0.29) is 41.5 Å². The number of Topliss-reactive ketones (excluding diaryl/α,β-unsaturated/α-hetero) is 1. The Morgan fingerprint density at radius 3 is 2.55 bits per heavy atom. The van der Waals surface area contributed by atoms with Crippen LogP contribution in [0.4, 0.5) is 13.2 Å². The molecule has 1 fully saturated rings. The number of rotatable bonds is 2. The van der Waals surface area contributed by atoms with Crippen LogP contribution in [0.5, 0.6) is 0 Å². The molecule has 1 saturated heterocycles. The van der Waals surface area contributed by atoms with E-state index in [1.807, 2.05) is 13.8 Å². The van der Waals surface area contributed by atoms with E-state index >= 15 is 0 Å². The molecule has 31 heavy (non-hydrogen) atoms. The number of nitrogens with zero attached hydrogens (tertiary/aromatic N) is 1. The van der Waals surface area contributed by atoms with Crippen LogP contribution in [0.1, 0.15) is 73.6 Å². The maximum absolute atomic E-state index is 13.6. The molecule has 0 saturated carbocycles. The number of fused-ring (bicyclic) bond motifs is 1. The van der Waals surface area contributed by atoms with Crippen molar-refractivity contribution in [1.82, 2.24) is 10.2 Å². The van der Waals surface area contributed by atoms with Crippen molar-refractivity contribution in [1.29, 1.82) is 0 Å². The molecule has 1 N–H and O–H groups in total. The predicted octanol–water partition coefficient (Wildman–Crippen LogP) is 5.14. The van der Waals surface area contributed by atoms with E-state index in [4.69, 9.17) is 4.42 Å². The summed E-state index contributed by atoms with van der Waals surface area (Å²) in [6.07, 6.45) is -0.407. The Morgan fingerprint density at radius 2 is 1.84 bits per heavy atom. The minimum Gasteiger partial charge on any atom is -0.450 e. The summed E-state index contributed by atoms with van der Waals surface area (Å²) in [5.74, 6) is -0.912. The molecule has 2 aromatic rings.